The standard InChI is InChI=1S/C12H10Br8O5/c13-7(14)3-11(21,22)9(17,18)1-5(7)25-6-2-10(19,20)12(23,24)4-8(6,15)16/h1-2,21-24H,3-4H2. The van der Waals surface area contributed by atoms with Crippen molar-refractivity contribution in [1.29, 1.82) is 0 Å². The number of aliphatic hydroxyl groups is 4. The van der Waals surface area contributed by atoms with Gasteiger partial charge in [-0.2, -0.15) is 0 Å². The summed E-state index contributed by atoms with van der Waals surface area (Å²) in [5.74, 6) is -3.61. The Morgan fingerprint density at radius 1 is 0.640 bits per heavy atom. The van der Waals surface area contributed by atoms with Crippen LogP contribution < -0.4 is 0 Å². The molecule has 0 fully saturated rings. The van der Waals surface area contributed by atoms with Gasteiger partial charge in [0.2, 0.25) is 0 Å². The van der Waals surface area contributed by atoms with E-state index in [2.05, 4.69) is 127 Å². The molecule has 0 aromatic heterocycles. The SMILES string of the molecule is OC1(O)CC(Br)(Br)C(OC2=CC(Br)(Br)C(O)(O)CC2(Br)Br)=CC1(Br)Br. The van der Waals surface area contributed by atoms with E-state index in [0.29, 0.717) is 11.5 Å². The second kappa shape index (κ2) is 7.28. The van der Waals surface area contributed by atoms with Gasteiger partial charge in [0.25, 0.3) is 0 Å². The number of halogens is 8. The fraction of sp³-hybridized carbons (Fsp3) is 0.667. The Balaban J connectivity index is 2.47. The Morgan fingerprint density at radius 3 is 1.20 bits per heavy atom. The smallest absolute Gasteiger partial charge is 0.195 e. The molecule has 0 heterocycles. The Kier molecular flexibility index (Phi) is 7.06. The summed E-state index contributed by atoms with van der Waals surface area (Å²) in [6, 6.07) is 0. The van der Waals surface area contributed by atoms with Crippen LogP contribution in [0.15, 0.2) is 23.7 Å². The Hall–Kier alpha value is 2.96. The van der Waals surface area contributed by atoms with E-state index in [-0.39, 0.29) is 12.8 Å². The van der Waals surface area contributed by atoms with E-state index in [4.69, 9.17) is 4.74 Å². The molecule has 13 heteroatoms. The zero-order chi connectivity index (χ0) is 19.7. The van der Waals surface area contributed by atoms with Gasteiger partial charge in [-0.25, -0.2) is 0 Å². The van der Waals surface area contributed by atoms with Gasteiger partial charge in [-0.15, -0.1) is 0 Å². The van der Waals surface area contributed by atoms with Gasteiger partial charge in [-0.3, -0.25) is 0 Å². The number of ether oxygens (including phenoxy) is 1. The average molecular weight is 873 g/mol. The molecule has 0 bridgehead atoms. The van der Waals surface area contributed by atoms with Crippen molar-refractivity contribution in [2.45, 2.75) is 37.3 Å². The second-order valence-corrected chi connectivity index (χ2v) is 20.4. The quantitative estimate of drug-likeness (QED) is 0.235. The van der Waals surface area contributed by atoms with Crippen molar-refractivity contribution in [2.75, 3.05) is 0 Å². The predicted octanol–water partition coefficient (Wildman–Crippen LogP) is 4.88. The van der Waals surface area contributed by atoms with Crippen molar-refractivity contribution >= 4 is 127 Å². The third kappa shape index (κ3) is 4.83. The third-order valence-corrected chi connectivity index (χ3v) is 9.71. The van der Waals surface area contributed by atoms with Crippen LogP contribution in [0.4, 0.5) is 0 Å². The summed E-state index contributed by atoms with van der Waals surface area (Å²) in [7, 11) is 0. The summed E-state index contributed by atoms with van der Waals surface area (Å²) < 4.78 is 1.16. The highest BCUT2D eigenvalue weighted by Gasteiger charge is 2.58. The number of rotatable bonds is 2. The van der Waals surface area contributed by atoms with E-state index in [1.165, 1.54) is 12.2 Å². The molecule has 0 atom stereocenters. The highest BCUT2D eigenvalue weighted by atomic mass is 79.9. The molecule has 5 nitrogen and oxygen atoms in total. The molecule has 0 unspecified atom stereocenters. The molecule has 144 valence electrons. The first-order chi connectivity index (χ1) is 10.8. The second-order valence-electron chi connectivity index (χ2n) is 5.76. The number of alkyl halides is 8. The van der Waals surface area contributed by atoms with E-state index in [9.17, 15) is 20.4 Å². The minimum Gasteiger partial charge on any atom is -0.462 e. The predicted molar refractivity (Wildman–Crippen MR) is 123 cm³/mol. The molecule has 0 aromatic rings. The van der Waals surface area contributed by atoms with Crippen LogP contribution in [0.5, 0.6) is 0 Å². The first-order valence-electron chi connectivity index (χ1n) is 6.38. The van der Waals surface area contributed by atoms with Crippen molar-refractivity contribution in [2.24, 2.45) is 0 Å². The molecular formula is C12H10Br8O5. The minimum absolute atomic E-state index is 0.162. The number of allylic oxidation sites excluding steroid dienone is 2. The van der Waals surface area contributed by atoms with Gasteiger partial charge in [0, 0.05) is 12.8 Å². The van der Waals surface area contributed by atoms with Crippen molar-refractivity contribution in [3.05, 3.63) is 23.7 Å². The monoisotopic (exact) mass is 865 g/mol. The Morgan fingerprint density at radius 2 is 0.920 bits per heavy atom. The lowest BCUT2D eigenvalue weighted by Gasteiger charge is -2.45. The van der Waals surface area contributed by atoms with Gasteiger partial charge in [-0.05, 0) is 12.2 Å². The number of hydrogen-bond acceptors (Lipinski definition) is 5. The lowest BCUT2D eigenvalue weighted by Crippen LogP contribution is -2.54. The molecular weight excluding hydrogens is 863 g/mol. The molecule has 0 saturated heterocycles. The van der Waals surface area contributed by atoms with Crippen molar-refractivity contribution in [3.8, 4) is 0 Å². The molecule has 0 spiro atoms. The van der Waals surface area contributed by atoms with Crippen LogP contribution >= 0.6 is 127 Å². The fourth-order valence-electron chi connectivity index (χ4n) is 2.13. The Labute approximate surface area is 211 Å². The van der Waals surface area contributed by atoms with Crippen LogP contribution in [-0.4, -0.2) is 44.9 Å². The van der Waals surface area contributed by atoms with Crippen molar-refractivity contribution < 1.29 is 25.2 Å². The number of hydrogen-bond donors (Lipinski definition) is 4. The molecule has 0 amide bonds. The zero-order valence-corrected chi connectivity index (χ0v) is 24.5. The van der Waals surface area contributed by atoms with Crippen LogP contribution in [0.3, 0.4) is 0 Å². The van der Waals surface area contributed by atoms with Gasteiger partial charge in [0.1, 0.15) is 18.0 Å². The topological polar surface area (TPSA) is 90.2 Å². The van der Waals surface area contributed by atoms with E-state index in [1.807, 2.05) is 0 Å². The molecule has 0 aromatic carbocycles. The first kappa shape index (κ1) is 24.2. The largest absolute Gasteiger partial charge is 0.462 e. The normalized spacial score (nSPS) is 30.9. The van der Waals surface area contributed by atoms with Gasteiger partial charge >= 0.3 is 0 Å². The third-order valence-electron chi connectivity index (χ3n) is 3.57. The molecule has 2 aliphatic rings. The summed E-state index contributed by atoms with van der Waals surface area (Å²) >= 11 is 26.4. The maximum absolute atomic E-state index is 10.2. The zero-order valence-electron chi connectivity index (χ0n) is 11.8. The van der Waals surface area contributed by atoms with Crippen LogP contribution in [-0.2, 0) is 4.74 Å². The summed E-state index contributed by atoms with van der Waals surface area (Å²) in [5, 5.41) is 40.8. The van der Waals surface area contributed by atoms with Crippen LogP contribution in [0.2, 0.25) is 0 Å². The maximum Gasteiger partial charge on any atom is 0.195 e. The highest BCUT2D eigenvalue weighted by molar-refractivity contribution is 9.26. The van der Waals surface area contributed by atoms with E-state index < -0.39 is 24.5 Å². The van der Waals surface area contributed by atoms with Crippen molar-refractivity contribution in [1.82, 2.24) is 0 Å². The lowest BCUT2D eigenvalue weighted by atomic mass is 9.97. The lowest BCUT2D eigenvalue weighted by molar-refractivity contribution is -0.168. The minimum atomic E-state index is -2.12. The fourth-order valence-corrected chi connectivity index (χ4v) is 5.87. The molecule has 2 rings (SSSR count). The summed E-state index contributed by atoms with van der Waals surface area (Å²) in [5.41, 5.74) is 0. The summed E-state index contributed by atoms with van der Waals surface area (Å²) in [4.78, 5) is 0. The molecule has 4 N–H and O–H groups in total. The first-order valence-corrected chi connectivity index (χ1v) is 12.7. The molecule has 0 radical (unpaired) electrons. The molecule has 0 aliphatic heterocycles. The van der Waals surface area contributed by atoms with Gasteiger partial charge < -0.3 is 25.2 Å². The van der Waals surface area contributed by atoms with Crippen LogP contribution in [0.1, 0.15) is 12.8 Å². The van der Waals surface area contributed by atoms with E-state index >= 15 is 0 Å². The molecule has 0 saturated carbocycles. The highest BCUT2D eigenvalue weighted by Crippen LogP contribution is 2.58. The molecule has 2 aliphatic carbocycles. The molecule has 25 heavy (non-hydrogen) atoms. The van der Waals surface area contributed by atoms with Crippen LogP contribution in [0.25, 0.3) is 0 Å². The van der Waals surface area contributed by atoms with E-state index in [0.717, 1.165) is 0 Å². The summed E-state index contributed by atoms with van der Waals surface area (Å²) in [6.07, 6.45) is 2.57. The van der Waals surface area contributed by atoms with E-state index in [1.54, 1.807) is 0 Å². The average Bonchev–Trinajstić information content (AvgIpc) is 2.30. The van der Waals surface area contributed by atoms with Crippen molar-refractivity contribution in [3.63, 3.8) is 0 Å². The van der Waals surface area contributed by atoms with Gasteiger partial charge in [-0.1, -0.05) is 127 Å². The maximum atomic E-state index is 10.2. The van der Waals surface area contributed by atoms with Gasteiger partial charge in [0.15, 0.2) is 18.0 Å². The van der Waals surface area contributed by atoms with Crippen LogP contribution in [0, 0.1) is 0 Å². The summed E-state index contributed by atoms with van der Waals surface area (Å²) in [6.45, 7) is 0. The van der Waals surface area contributed by atoms with Gasteiger partial charge in [0.05, 0.1) is 0 Å². The Bertz CT molecular complexity index is 583.